The van der Waals surface area contributed by atoms with Gasteiger partial charge in [0.05, 0.1) is 33.5 Å². The van der Waals surface area contributed by atoms with E-state index in [1.165, 1.54) is 40.6 Å². The topological polar surface area (TPSA) is 121 Å². The number of methoxy groups -OCH3 is 4. The number of urea groups is 1. The second-order valence-corrected chi connectivity index (χ2v) is 4.79. The van der Waals surface area contributed by atoms with Gasteiger partial charge in [-0.2, -0.15) is 0 Å². The minimum atomic E-state index is -0.792. The molecule has 0 aromatic heterocycles. The van der Waals surface area contributed by atoms with Gasteiger partial charge in [-0.3, -0.25) is 10.1 Å². The van der Waals surface area contributed by atoms with Crippen molar-refractivity contribution in [2.24, 2.45) is 0 Å². The SMILES string of the molecule is COCCNC(=O)NC(=O)COC(=O)c1cc(OC)c(OC)c(OC)c1. The fraction of sp³-hybridized carbons (Fsp3) is 0.438. The minimum Gasteiger partial charge on any atom is -0.493 e. The lowest BCUT2D eigenvalue weighted by Crippen LogP contribution is -2.42. The number of carbonyl (C=O) groups excluding carboxylic acids is 3. The first-order valence-electron chi connectivity index (χ1n) is 7.50. The number of rotatable bonds is 9. The van der Waals surface area contributed by atoms with Gasteiger partial charge in [0.25, 0.3) is 5.91 Å². The lowest BCUT2D eigenvalue weighted by Gasteiger charge is -2.13. The highest BCUT2D eigenvalue weighted by Crippen LogP contribution is 2.38. The number of ether oxygens (including phenoxy) is 5. The van der Waals surface area contributed by atoms with Crippen molar-refractivity contribution in [1.82, 2.24) is 10.6 Å². The molecule has 0 unspecified atom stereocenters. The van der Waals surface area contributed by atoms with E-state index in [2.05, 4.69) is 5.32 Å². The first-order chi connectivity index (χ1) is 12.5. The second-order valence-electron chi connectivity index (χ2n) is 4.79. The van der Waals surface area contributed by atoms with Crippen LogP contribution in [0.4, 0.5) is 4.79 Å². The van der Waals surface area contributed by atoms with E-state index in [-0.39, 0.29) is 23.6 Å². The molecule has 2 N–H and O–H groups in total. The number of esters is 1. The molecule has 0 fully saturated rings. The lowest BCUT2D eigenvalue weighted by atomic mass is 10.2. The summed E-state index contributed by atoms with van der Waals surface area (Å²) in [5, 5.41) is 4.41. The van der Waals surface area contributed by atoms with Gasteiger partial charge in [0.15, 0.2) is 18.1 Å². The number of imide groups is 1. The van der Waals surface area contributed by atoms with Gasteiger partial charge in [0, 0.05) is 13.7 Å². The highest BCUT2D eigenvalue weighted by atomic mass is 16.5. The lowest BCUT2D eigenvalue weighted by molar-refractivity contribution is -0.123. The zero-order chi connectivity index (χ0) is 19.5. The van der Waals surface area contributed by atoms with Gasteiger partial charge < -0.3 is 29.0 Å². The third-order valence-electron chi connectivity index (χ3n) is 3.08. The number of carbonyl (C=O) groups is 3. The van der Waals surface area contributed by atoms with E-state index in [1.807, 2.05) is 5.32 Å². The van der Waals surface area contributed by atoms with Crippen LogP contribution in [0.25, 0.3) is 0 Å². The monoisotopic (exact) mass is 370 g/mol. The highest BCUT2D eigenvalue weighted by Gasteiger charge is 2.19. The summed E-state index contributed by atoms with van der Waals surface area (Å²) < 4.78 is 25.1. The first-order valence-corrected chi connectivity index (χ1v) is 7.50. The van der Waals surface area contributed by atoms with E-state index in [4.69, 9.17) is 23.7 Å². The third-order valence-corrected chi connectivity index (χ3v) is 3.08. The van der Waals surface area contributed by atoms with E-state index < -0.39 is 24.5 Å². The van der Waals surface area contributed by atoms with Crippen LogP contribution in [-0.2, 0) is 14.3 Å². The molecule has 1 rings (SSSR count). The van der Waals surface area contributed by atoms with E-state index in [0.29, 0.717) is 12.4 Å². The normalized spacial score (nSPS) is 9.85. The smallest absolute Gasteiger partial charge is 0.338 e. The Labute approximate surface area is 150 Å². The molecule has 3 amide bonds. The van der Waals surface area contributed by atoms with Crippen molar-refractivity contribution < 1.29 is 38.1 Å². The van der Waals surface area contributed by atoms with Crippen molar-refractivity contribution in [3.63, 3.8) is 0 Å². The molecule has 10 nitrogen and oxygen atoms in total. The average Bonchev–Trinajstić information content (AvgIpc) is 2.64. The molecular formula is C16H22N2O8. The maximum absolute atomic E-state index is 12.1. The van der Waals surface area contributed by atoms with Crippen molar-refractivity contribution in [3.8, 4) is 17.2 Å². The molecule has 144 valence electrons. The molecule has 0 aliphatic carbocycles. The summed E-state index contributed by atoms with van der Waals surface area (Å²) in [7, 11) is 5.72. The summed E-state index contributed by atoms with van der Waals surface area (Å²) in [6.45, 7) is -0.0915. The zero-order valence-electron chi connectivity index (χ0n) is 15.0. The molecule has 0 heterocycles. The standard InChI is InChI=1S/C16H22N2O8/c1-22-6-5-17-16(21)18-13(19)9-26-15(20)10-7-11(23-2)14(25-4)12(8-10)24-3/h7-8H,5-6,9H2,1-4H3,(H2,17,18,19,21). The predicted molar refractivity (Wildman–Crippen MR) is 89.8 cm³/mol. The Morgan fingerprint density at radius 1 is 0.962 bits per heavy atom. The van der Waals surface area contributed by atoms with Gasteiger partial charge in [-0.1, -0.05) is 0 Å². The van der Waals surface area contributed by atoms with Crippen LogP contribution in [0.15, 0.2) is 12.1 Å². The Morgan fingerprint density at radius 2 is 1.58 bits per heavy atom. The van der Waals surface area contributed by atoms with Crippen molar-refractivity contribution in [3.05, 3.63) is 17.7 Å². The largest absolute Gasteiger partial charge is 0.493 e. The molecule has 0 atom stereocenters. The number of nitrogens with one attached hydrogen (secondary N) is 2. The Hall–Kier alpha value is -3.01. The fourth-order valence-corrected chi connectivity index (χ4v) is 1.89. The van der Waals surface area contributed by atoms with Crippen molar-refractivity contribution >= 4 is 17.9 Å². The van der Waals surface area contributed by atoms with E-state index in [1.54, 1.807) is 0 Å². The number of hydrogen-bond acceptors (Lipinski definition) is 8. The van der Waals surface area contributed by atoms with Crippen LogP contribution in [0.2, 0.25) is 0 Å². The van der Waals surface area contributed by atoms with E-state index in [9.17, 15) is 14.4 Å². The highest BCUT2D eigenvalue weighted by molar-refractivity contribution is 5.97. The summed E-state index contributed by atoms with van der Waals surface area (Å²) in [5.74, 6) is -0.724. The van der Waals surface area contributed by atoms with Crippen molar-refractivity contribution in [2.75, 3.05) is 48.2 Å². The fourth-order valence-electron chi connectivity index (χ4n) is 1.89. The molecule has 0 saturated heterocycles. The number of benzene rings is 1. The van der Waals surface area contributed by atoms with Gasteiger partial charge in [0.1, 0.15) is 0 Å². The molecule has 0 spiro atoms. The van der Waals surface area contributed by atoms with Crippen LogP contribution >= 0.6 is 0 Å². The summed E-state index contributed by atoms with van der Waals surface area (Å²) >= 11 is 0. The van der Waals surface area contributed by atoms with Crippen LogP contribution in [0.1, 0.15) is 10.4 Å². The zero-order valence-corrected chi connectivity index (χ0v) is 15.0. The number of hydrogen-bond donors (Lipinski definition) is 2. The molecule has 0 aliphatic heterocycles. The van der Waals surface area contributed by atoms with Crippen LogP contribution in [0.5, 0.6) is 17.2 Å². The predicted octanol–water partition coefficient (Wildman–Crippen LogP) is 0.341. The quantitative estimate of drug-likeness (QED) is 0.471. The van der Waals surface area contributed by atoms with Crippen LogP contribution in [0.3, 0.4) is 0 Å². The summed E-state index contributed by atoms with van der Waals surface area (Å²) in [6.07, 6.45) is 0. The van der Waals surface area contributed by atoms with E-state index >= 15 is 0 Å². The van der Waals surface area contributed by atoms with Gasteiger partial charge >= 0.3 is 12.0 Å². The molecule has 0 bridgehead atoms. The van der Waals surface area contributed by atoms with Gasteiger partial charge in [-0.25, -0.2) is 9.59 Å². The maximum atomic E-state index is 12.1. The minimum absolute atomic E-state index is 0.0943. The molecule has 10 heteroatoms. The molecule has 26 heavy (non-hydrogen) atoms. The van der Waals surface area contributed by atoms with Crippen molar-refractivity contribution in [1.29, 1.82) is 0 Å². The Morgan fingerprint density at radius 3 is 2.08 bits per heavy atom. The average molecular weight is 370 g/mol. The Kier molecular flexibility index (Phi) is 8.71. The van der Waals surface area contributed by atoms with Gasteiger partial charge in [-0.05, 0) is 12.1 Å². The first kappa shape index (κ1) is 21.0. The van der Waals surface area contributed by atoms with Crippen LogP contribution in [0, 0.1) is 0 Å². The van der Waals surface area contributed by atoms with Crippen molar-refractivity contribution in [2.45, 2.75) is 0 Å². The van der Waals surface area contributed by atoms with Crippen LogP contribution < -0.4 is 24.8 Å². The molecule has 0 aliphatic rings. The Balaban J connectivity index is 2.65. The molecular weight excluding hydrogens is 348 g/mol. The molecule has 1 aromatic rings. The molecule has 0 radical (unpaired) electrons. The third kappa shape index (κ3) is 6.13. The molecule has 0 saturated carbocycles. The summed E-state index contributed by atoms with van der Waals surface area (Å²) in [6, 6.07) is 2.06. The van der Waals surface area contributed by atoms with E-state index in [0.717, 1.165) is 0 Å². The summed E-state index contributed by atoms with van der Waals surface area (Å²) in [4.78, 5) is 35.1. The molecule has 1 aromatic carbocycles. The second kappa shape index (κ2) is 10.8. The van der Waals surface area contributed by atoms with Gasteiger partial charge in [-0.15, -0.1) is 0 Å². The van der Waals surface area contributed by atoms with Gasteiger partial charge in [0.2, 0.25) is 5.75 Å². The maximum Gasteiger partial charge on any atom is 0.338 e. The Bertz CT molecular complexity index is 622. The number of amides is 3. The van der Waals surface area contributed by atoms with Crippen LogP contribution in [-0.4, -0.2) is 66.1 Å². The summed E-state index contributed by atoms with van der Waals surface area (Å²) in [5.41, 5.74) is 0.0943.